The van der Waals surface area contributed by atoms with E-state index in [0.29, 0.717) is 25.8 Å². The number of amides is 1. The van der Waals surface area contributed by atoms with Gasteiger partial charge in [0.2, 0.25) is 5.91 Å². The monoisotopic (exact) mass is 800 g/mol. The van der Waals surface area contributed by atoms with Crippen molar-refractivity contribution in [3.8, 4) is 11.1 Å². The van der Waals surface area contributed by atoms with Gasteiger partial charge in [-0.25, -0.2) is 0 Å². The fourth-order valence-electron chi connectivity index (χ4n) is 9.06. The highest BCUT2D eigenvalue weighted by atomic mass is 16.6. The molecule has 2 aliphatic heterocycles. The number of carbonyl (C=O) groups is 5. The number of nitrogens with zero attached hydrogens (tertiary/aromatic N) is 2. The smallest absolute Gasteiger partial charge is 0.307 e. The number of likely N-dealkylation sites (tertiary alicyclic amines) is 1. The SMILES string of the molecule is COC(=O)C[C@H](C(=O)N1CCC[C@H]1C1=CN=C(c2ccc(-c3ccc(CC(=O)[C@H]4CCCCC4C(=O)[C@H](CC(=O)OC(C)(C)C)c4ccccc4)cc3)cc2)C1)C(C)C. The second kappa shape index (κ2) is 19.3. The number of benzene rings is 3. The second-order valence-electron chi connectivity index (χ2n) is 17.8. The molecule has 2 fully saturated rings. The first-order valence-electron chi connectivity index (χ1n) is 21.4. The van der Waals surface area contributed by atoms with Crippen molar-refractivity contribution in [2.24, 2.45) is 28.7 Å². The molecule has 0 bridgehead atoms. The molecule has 0 spiro atoms. The number of carbonyl (C=O) groups excluding carboxylic acids is 5. The quantitative estimate of drug-likeness (QED) is 0.141. The topological polar surface area (TPSA) is 119 Å². The van der Waals surface area contributed by atoms with Gasteiger partial charge in [-0.2, -0.15) is 0 Å². The molecule has 59 heavy (non-hydrogen) atoms. The van der Waals surface area contributed by atoms with Crippen molar-refractivity contribution in [1.82, 2.24) is 4.90 Å². The van der Waals surface area contributed by atoms with Gasteiger partial charge in [0.15, 0.2) is 0 Å². The number of Topliss-reactive ketones (excluding diaryl/α,β-unsaturated/α-hetero) is 2. The molecule has 1 unspecified atom stereocenters. The Balaban J connectivity index is 1.07. The van der Waals surface area contributed by atoms with Gasteiger partial charge >= 0.3 is 11.9 Å². The maximum Gasteiger partial charge on any atom is 0.307 e. The van der Waals surface area contributed by atoms with Crippen molar-refractivity contribution in [3.05, 3.63) is 107 Å². The molecule has 3 aromatic carbocycles. The molecule has 312 valence electrons. The summed E-state index contributed by atoms with van der Waals surface area (Å²) in [4.78, 5) is 73.6. The average Bonchev–Trinajstić information content (AvgIpc) is 3.92. The third kappa shape index (κ3) is 10.9. The van der Waals surface area contributed by atoms with E-state index in [2.05, 4.69) is 24.3 Å². The normalized spacial score (nSPS) is 20.4. The molecule has 1 amide bonds. The van der Waals surface area contributed by atoms with E-state index in [1.54, 1.807) is 0 Å². The van der Waals surface area contributed by atoms with Crippen LogP contribution in [0.4, 0.5) is 0 Å². The molecule has 0 radical (unpaired) electrons. The summed E-state index contributed by atoms with van der Waals surface area (Å²) in [5.74, 6) is -2.61. The van der Waals surface area contributed by atoms with Gasteiger partial charge in [-0.3, -0.25) is 29.0 Å². The van der Waals surface area contributed by atoms with Crippen molar-refractivity contribution in [3.63, 3.8) is 0 Å². The Morgan fingerprint density at radius 1 is 0.763 bits per heavy atom. The Hall–Kier alpha value is -5.18. The minimum atomic E-state index is -0.661. The van der Waals surface area contributed by atoms with Gasteiger partial charge in [-0.15, -0.1) is 0 Å². The van der Waals surface area contributed by atoms with E-state index in [0.717, 1.165) is 64.8 Å². The van der Waals surface area contributed by atoms with Crippen LogP contribution >= 0.6 is 0 Å². The van der Waals surface area contributed by atoms with Crippen LogP contribution < -0.4 is 0 Å². The number of aliphatic imine (C=N–C) groups is 1. The maximum absolute atomic E-state index is 14.3. The number of ketones is 2. The molecule has 3 aliphatic rings. The average molecular weight is 801 g/mol. The fraction of sp³-hybridized carbons (Fsp3) is 0.480. The van der Waals surface area contributed by atoms with E-state index < -0.39 is 29.3 Å². The number of methoxy groups -OCH3 is 1. The van der Waals surface area contributed by atoms with E-state index >= 15 is 0 Å². The van der Waals surface area contributed by atoms with E-state index in [4.69, 9.17) is 14.5 Å². The van der Waals surface area contributed by atoms with Crippen LogP contribution in [0, 0.1) is 23.7 Å². The molecule has 9 heteroatoms. The molecule has 3 aromatic rings. The number of esters is 2. The van der Waals surface area contributed by atoms with Crippen LogP contribution in [0.25, 0.3) is 11.1 Å². The van der Waals surface area contributed by atoms with Crippen molar-refractivity contribution >= 4 is 35.1 Å². The molecule has 5 atom stereocenters. The summed E-state index contributed by atoms with van der Waals surface area (Å²) in [6.45, 7) is 10.1. The minimum absolute atomic E-state index is 0.0133. The lowest BCUT2D eigenvalue weighted by molar-refractivity contribution is -0.156. The summed E-state index contributed by atoms with van der Waals surface area (Å²) in [5.41, 5.74) is 6.23. The summed E-state index contributed by atoms with van der Waals surface area (Å²) in [6, 6.07) is 25.8. The molecule has 2 heterocycles. The van der Waals surface area contributed by atoms with Crippen molar-refractivity contribution in [2.45, 2.75) is 116 Å². The van der Waals surface area contributed by atoms with Gasteiger partial charge < -0.3 is 14.4 Å². The Kier molecular flexibility index (Phi) is 14.2. The lowest BCUT2D eigenvalue weighted by atomic mass is 9.70. The lowest BCUT2D eigenvalue weighted by Crippen LogP contribution is -2.42. The second-order valence-corrected chi connectivity index (χ2v) is 17.8. The van der Waals surface area contributed by atoms with Crippen molar-refractivity contribution in [1.29, 1.82) is 0 Å². The predicted octanol–water partition coefficient (Wildman–Crippen LogP) is 9.26. The minimum Gasteiger partial charge on any atom is -0.469 e. The summed E-state index contributed by atoms with van der Waals surface area (Å²) < 4.78 is 10.5. The molecular formula is C50H60N2O7. The van der Waals surface area contributed by atoms with E-state index in [1.165, 1.54) is 7.11 Å². The van der Waals surface area contributed by atoms with Crippen LogP contribution in [0.3, 0.4) is 0 Å². The molecule has 1 aliphatic carbocycles. The largest absolute Gasteiger partial charge is 0.469 e. The molecule has 1 saturated carbocycles. The Labute approximate surface area is 349 Å². The molecule has 1 saturated heterocycles. The summed E-state index contributed by atoms with van der Waals surface area (Å²) >= 11 is 0. The van der Waals surface area contributed by atoms with Crippen LogP contribution in [0.2, 0.25) is 0 Å². The molecule has 9 nitrogen and oxygen atoms in total. The van der Waals surface area contributed by atoms with Gasteiger partial charge in [-0.05, 0) is 85.8 Å². The molecule has 6 rings (SSSR count). The Morgan fingerprint density at radius 3 is 2.02 bits per heavy atom. The van der Waals surface area contributed by atoms with Gasteiger partial charge in [0.1, 0.15) is 17.2 Å². The zero-order valence-electron chi connectivity index (χ0n) is 35.6. The van der Waals surface area contributed by atoms with Crippen LogP contribution in [-0.4, -0.2) is 65.3 Å². The predicted molar refractivity (Wildman–Crippen MR) is 230 cm³/mol. The summed E-state index contributed by atoms with van der Waals surface area (Å²) in [7, 11) is 1.36. The molecule has 0 aromatic heterocycles. The van der Waals surface area contributed by atoms with Gasteiger partial charge in [0, 0.05) is 37.4 Å². The number of hydrogen-bond acceptors (Lipinski definition) is 8. The fourth-order valence-corrected chi connectivity index (χ4v) is 9.06. The van der Waals surface area contributed by atoms with Crippen molar-refractivity contribution < 1.29 is 33.4 Å². The highest BCUT2D eigenvalue weighted by Gasteiger charge is 2.41. The van der Waals surface area contributed by atoms with Gasteiger partial charge in [0.25, 0.3) is 0 Å². The number of hydrogen-bond donors (Lipinski definition) is 0. The van der Waals surface area contributed by atoms with Crippen LogP contribution in [0.15, 0.2) is 95.6 Å². The third-order valence-corrected chi connectivity index (χ3v) is 12.2. The zero-order valence-corrected chi connectivity index (χ0v) is 35.6. The Morgan fingerprint density at radius 2 is 1.39 bits per heavy atom. The first-order chi connectivity index (χ1) is 28.2. The third-order valence-electron chi connectivity index (χ3n) is 12.2. The highest BCUT2D eigenvalue weighted by molar-refractivity contribution is 6.04. The van der Waals surface area contributed by atoms with Gasteiger partial charge in [0.05, 0.1) is 43.5 Å². The first kappa shape index (κ1) is 43.4. The zero-order chi connectivity index (χ0) is 42.3. The summed E-state index contributed by atoms with van der Waals surface area (Å²) in [5, 5.41) is 0. The van der Waals surface area contributed by atoms with E-state index in [-0.39, 0.29) is 60.6 Å². The standard InChI is InChI=1S/C50H60N2O7/c1-32(2)41(29-46(54)58-6)49(57)52-26-12-17-44(52)38-28-43(51-31-38)37-24-22-35(23-25-37)34-20-18-33(19-21-34)27-45(53)39-15-10-11-16-40(39)48(56)42(36-13-8-7-9-14-36)30-47(55)59-50(3,4)5/h7-9,13-14,18-25,31-32,39-42,44H,10-12,15-17,26-30H2,1-6H3/t39-,40?,41-,42+,44-/m0/s1. The highest BCUT2D eigenvalue weighted by Crippen LogP contribution is 2.38. The molecular weight excluding hydrogens is 741 g/mol. The van der Waals surface area contributed by atoms with E-state index in [9.17, 15) is 24.0 Å². The van der Waals surface area contributed by atoms with Crippen molar-refractivity contribution in [2.75, 3.05) is 13.7 Å². The van der Waals surface area contributed by atoms with Crippen LogP contribution in [0.1, 0.15) is 115 Å². The Bertz CT molecular complexity index is 2040. The molecule has 0 N–H and O–H groups in total. The first-order valence-corrected chi connectivity index (χ1v) is 21.4. The maximum atomic E-state index is 14.3. The van der Waals surface area contributed by atoms with Crippen LogP contribution in [-0.2, 0) is 39.9 Å². The number of ether oxygens (including phenoxy) is 2. The lowest BCUT2D eigenvalue weighted by Gasteiger charge is -2.32. The summed E-state index contributed by atoms with van der Waals surface area (Å²) in [6.07, 6.45) is 7.77. The van der Waals surface area contributed by atoms with Gasteiger partial charge in [-0.1, -0.05) is 106 Å². The van der Waals surface area contributed by atoms with E-state index in [1.807, 2.05) is 100 Å². The van der Waals surface area contributed by atoms with Crippen LogP contribution in [0.5, 0.6) is 0 Å². The number of rotatable bonds is 15.